The first-order valence-electron chi connectivity index (χ1n) is 6.46. The minimum Gasteiger partial charge on any atom is -0.376 e. The molecule has 0 amide bonds. The summed E-state index contributed by atoms with van der Waals surface area (Å²) in [7, 11) is 0. The molecule has 1 atom stereocenters. The maximum atomic E-state index is 8.92. The van der Waals surface area contributed by atoms with Gasteiger partial charge in [-0.2, -0.15) is 10.5 Å². The molecule has 0 aromatic rings. The van der Waals surface area contributed by atoms with E-state index in [9.17, 15) is 0 Å². The summed E-state index contributed by atoms with van der Waals surface area (Å²) >= 11 is 0. The third-order valence-electron chi connectivity index (χ3n) is 3.50. The van der Waals surface area contributed by atoms with Crippen LogP contribution >= 0.6 is 0 Å². The van der Waals surface area contributed by atoms with Crippen molar-refractivity contribution in [3.05, 3.63) is 34.7 Å². The Balaban J connectivity index is 2.21. The number of ether oxygens (including phenoxy) is 1. The summed E-state index contributed by atoms with van der Waals surface area (Å²) in [6.07, 6.45) is 6.29. The fraction of sp³-hybridized carbons (Fsp3) is 0.467. The maximum Gasteiger partial charge on any atom is 0.137 e. The minimum atomic E-state index is 0.162. The van der Waals surface area contributed by atoms with Gasteiger partial charge in [-0.15, -0.1) is 0 Å². The number of nitriles is 2. The minimum absolute atomic E-state index is 0.162. The van der Waals surface area contributed by atoms with Crippen LogP contribution in [0.3, 0.4) is 0 Å². The normalized spacial score (nSPS) is 22.4. The van der Waals surface area contributed by atoms with Crippen LogP contribution in [0.1, 0.15) is 26.7 Å². The molecule has 4 heteroatoms. The van der Waals surface area contributed by atoms with E-state index in [-0.39, 0.29) is 11.7 Å². The van der Waals surface area contributed by atoms with Crippen LogP contribution in [0, 0.1) is 22.7 Å². The lowest BCUT2D eigenvalue weighted by atomic mass is 10.0. The Morgan fingerprint density at radius 3 is 2.42 bits per heavy atom. The van der Waals surface area contributed by atoms with Gasteiger partial charge in [-0.3, -0.25) is 0 Å². The van der Waals surface area contributed by atoms with E-state index in [0.29, 0.717) is 5.57 Å². The fourth-order valence-corrected chi connectivity index (χ4v) is 2.50. The molecule has 1 saturated heterocycles. The second kappa shape index (κ2) is 5.73. The monoisotopic (exact) mass is 255 g/mol. The molecule has 2 aliphatic heterocycles. The molecule has 0 aromatic heterocycles. The predicted octanol–water partition coefficient (Wildman–Crippen LogP) is 2.63. The van der Waals surface area contributed by atoms with Crippen LogP contribution in [0.5, 0.6) is 0 Å². The van der Waals surface area contributed by atoms with Gasteiger partial charge in [0.05, 0.1) is 6.10 Å². The summed E-state index contributed by atoms with van der Waals surface area (Å²) in [6, 6.07) is 3.87. The molecule has 98 valence electrons. The van der Waals surface area contributed by atoms with Crippen molar-refractivity contribution in [3.63, 3.8) is 0 Å². The maximum absolute atomic E-state index is 8.92. The van der Waals surface area contributed by atoms with Gasteiger partial charge >= 0.3 is 0 Å². The summed E-state index contributed by atoms with van der Waals surface area (Å²) in [4.78, 5) is 2.19. The molecule has 19 heavy (non-hydrogen) atoms. The van der Waals surface area contributed by atoms with E-state index in [2.05, 4.69) is 4.90 Å². The average Bonchev–Trinajstić information content (AvgIpc) is 2.88. The molecule has 0 saturated carbocycles. The van der Waals surface area contributed by atoms with Gasteiger partial charge < -0.3 is 9.64 Å². The molecule has 0 N–H and O–H groups in total. The standard InChI is InChI=1S/C15H17N3O/c1-11-6-13(14(8-16)9-17)7-12(2)18(11)10-15-4-3-5-19-15/h6-7,15H,3-5,10H2,1-2H3/t15-/m0/s1. The van der Waals surface area contributed by atoms with E-state index >= 15 is 0 Å². The van der Waals surface area contributed by atoms with Gasteiger partial charge in [0.1, 0.15) is 17.7 Å². The molecule has 0 spiro atoms. The number of rotatable bonds is 2. The second-order valence-corrected chi connectivity index (χ2v) is 4.87. The topological polar surface area (TPSA) is 60.0 Å². The molecule has 0 aromatic carbocycles. The van der Waals surface area contributed by atoms with Gasteiger partial charge in [0.25, 0.3) is 0 Å². The molecule has 4 nitrogen and oxygen atoms in total. The first kappa shape index (κ1) is 13.4. The summed E-state index contributed by atoms with van der Waals surface area (Å²) < 4.78 is 5.66. The van der Waals surface area contributed by atoms with Crippen molar-refractivity contribution in [2.75, 3.05) is 13.2 Å². The highest BCUT2D eigenvalue weighted by atomic mass is 16.5. The van der Waals surface area contributed by atoms with Crippen LogP contribution in [0.15, 0.2) is 34.7 Å². The van der Waals surface area contributed by atoms with Crippen molar-refractivity contribution in [2.45, 2.75) is 32.8 Å². The van der Waals surface area contributed by atoms with Crippen molar-refractivity contribution in [1.82, 2.24) is 4.90 Å². The smallest absolute Gasteiger partial charge is 0.137 e. The van der Waals surface area contributed by atoms with Gasteiger partial charge in [-0.1, -0.05) is 0 Å². The van der Waals surface area contributed by atoms with E-state index in [0.717, 1.165) is 37.4 Å². The lowest BCUT2D eigenvalue weighted by Crippen LogP contribution is -2.31. The quantitative estimate of drug-likeness (QED) is 0.712. The third kappa shape index (κ3) is 2.86. The Morgan fingerprint density at radius 2 is 1.95 bits per heavy atom. The van der Waals surface area contributed by atoms with Gasteiger partial charge in [-0.25, -0.2) is 0 Å². The van der Waals surface area contributed by atoms with Crippen LogP contribution in [-0.2, 0) is 4.74 Å². The highest BCUT2D eigenvalue weighted by Gasteiger charge is 2.22. The second-order valence-electron chi connectivity index (χ2n) is 4.87. The first-order chi connectivity index (χ1) is 9.15. The van der Waals surface area contributed by atoms with Crippen molar-refractivity contribution >= 4 is 0 Å². The zero-order valence-electron chi connectivity index (χ0n) is 11.3. The molecular weight excluding hydrogens is 238 g/mol. The first-order valence-corrected chi connectivity index (χ1v) is 6.46. The highest BCUT2D eigenvalue weighted by molar-refractivity contribution is 5.53. The lowest BCUT2D eigenvalue weighted by molar-refractivity contribution is 0.0906. The molecule has 0 unspecified atom stereocenters. The van der Waals surface area contributed by atoms with Crippen molar-refractivity contribution < 1.29 is 4.74 Å². The molecule has 2 heterocycles. The van der Waals surface area contributed by atoms with Crippen LogP contribution in [0.2, 0.25) is 0 Å². The molecule has 2 aliphatic rings. The number of nitrogens with zero attached hydrogens (tertiary/aromatic N) is 3. The largest absolute Gasteiger partial charge is 0.376 e. The fourth-order valence-electron chi connectivity index (χ4n) is 2.50. The summed E-state index contributed by atoms with van der Waals surface area (Å²) in [5.74, 6) is 0. The summed E-state index contributed by atoms with van der Waals surface area (Å²) in [5, 5.41) is 17.8. The Bertz CT molecular complexity index is 499. The van der Waals surface area contributed by atoms with E-state index in [1.807, 2.05) is 38.1 Å². The third-order valence-corrected chi connectivity index (χ3v) is 3.50. The highest BCUT2D eigenvalue weighted by Crippen LogP contribution is 2.26. The SMILES string of the molecule is CC1=CC(=C(C#N)C#N)C=C(C)N1C[C@@H]1CCCO1. The zero-order valence-corrected chi connectivity index (χ0v) is 11.3. The molecule has 2 rings (SSSR count). The van der Waals surface area contributed by atoms with Crippen molar-refractivity contribution in [1.29, 1.82) is 10.5 Å². The Labute approximate surface area is 113 Å². The van der Waals surface area contributed by atoms with Gasteiger partial charge in [0.15, 0.2) is 0 Å². The van der Waals surface area contributed by atoms with Crippen LogP contribution in [0.4, 0.5) is 0 Å². The predicted molar refractivity (Wildman–Crippen MR) is 71.4 cm³/mol. The molecule has 0 aliphatic carbocycles. The van der Waals surface area contributed by atoms with Crippen molar-refractivity contribution in [2.24, 2.45) is 0 Å². The zero-order chi connectivity index (χ0) is 13.8. The Morgan fingerprint density at radius 1 is 1.32 bits per heavy atom. The number of hydrogen-bond donors (Lipinski definition) is 0. The van der Waals surface area contributed by atoms with Gasteiger partial charge in [-0.05, 0) is 38.8 Å². The lowest BCUT2D eigenvalue weighted by Gasteiger charge is -2.31. The van der Waals surface area contributed by atoms with E-state index in [1.54, 1.807) is 0 Å². The van der Waals surface area contributed by atoms with Crippen LogP contribution in [-0.4, -0.2) is 24.2 Å². The Kier molecular flexibility index (Phi) is 4.04. The molecule has 1 fully saturated rings. The van der Waals surface area contributed by atoms with Gasteiger partial charge in [0.2, 0.25) is 0 Å². The Hall–Kier alpha value is -2.04. The number of hydrogen-bond acceptors (Lipinski definition) is 4. The summed E-state index contributed by atoms with van der Waals surface area (Å²) in [5.41, 5.74) is 2.96. The van der Waals surface area contributed by atoms with Gasteiger partial charge in [0, 0.05) is 30.1 Å². The average molecular weight is 255 g/mol. The molecular formula is C15H17N3O. The molecule has 0 bridgehead atoms. The van der Waals surface area contributed by atoms with E-state index in [4.69, 9.17) is 15.3 Å². The van der Waals surface area contributed by atoms with Crippen molar-refractivity contribution in [3.8, 4) is 12.1 Å². The summed E-state index contributed by atoms with van der Waals surface area (Å²) in [6.45, 7) is 5.68. The molecule has 0 radical (unpaired) electrons. The van der Waals surface area contributed by atoms with E-state index in [1.165, 1.54) is 0 Å². The van der Waals surface area contributed by atoms with Crippen LogP contribution < -0.4 is 0 Å². The number of allylic oxidation sites excluding steroid dienone is 6. The van der Waals surface area contributed by atoms with Crippen LogP contribution in [0.25, 0.3) is 0 Å². The van der Waals surface area contributed by atoms with E-state index < -0.39 is 0 Å².